The monoisotopic (exact) mass is 228 g/mol. The number of thioether (sulfide) groups is 1. The molecule has 1 unspecified atom stereocenters. The van der Waals surface area contributed by atoms with Crippen molar-refractivity contribution in [1.82, 2.24) is 10.2 Å². The fourth-order valence-corrected chi connectivity index (χ4v) is 3.99. The van der Waals surface area contributed by atoms with E-state index >= 15 is 0 Å². The summed E-state index contributed by atoms with van der Waals surface area (Å²) >= 11 is 2.22. The molecule has 1 N–H and O–H groups in total. The van der Waals surface area contributed by atoms with Crippen molar-refractivity contribution in [2.45, 2.75) is 43.9 Å². The van der Waals surface area contributed by atoms with Crippen LogP contribution in [-0.4, -0.2) is 48.1 Å². The summed E-state index contributed by atoms with van der Waals surface area (Å²) < 4.78 is 0. The lowest BCUT2D eigenvalue weighted by Crippen LogP contribution is -2.48. The molecule has 1 saturated heterocycles. The fraction of sp³-hybridized carbons (Fsp3) is 1.00. The predicted octanol–water partition coefficient (Wildman–Crippen LogP) is 1.96. The third-order valence-corrected chi connectivity index (χ3v) is 5.27. The van der Waals surface area contributed by atoms with Gasteiger partial charge in [-0.05, 0) is 19.8 Å². The van der Waals surface area contributed by atoms with Crippen molar-refractivity contribution in [3.63, 3.8) is 0 Å². The first-order chi connectivity index (χ1) is 7.36. The van der Waals surface area contributed by atoms with E-state index in [4.69, 9.17) is 0 Å². The zero-order valence-electron chi connectivity index (χ0n) is 9.87. The minimum atomic E-state index is 0.776. The normalized spacial score (nSPS) is 27.0. The molecule has 0 aromatic carbocycles. The molecule has 0 aromatic heterocycles. The van der Waals surface area contributed by atoms with Crippen molar-refractivity contribution in [2.24, 2.45) is 0 Å². The Morgan fingerprint density at radius 1 is 1.27 bits per heavy atom. The average Bonchev–Trinajstić information content (AvgIpc) is 2.80. The molecule has 88 valence electrons. The summed E-state index contributed by atoms with van der Waals surface area (Å²) in [4.78, 5) is 2.64. The van der Waals surface area contributed by atoms with Gasteiger partial charge in [-0.3, -0.25) is 4.90 Å². The molecule has 1 aliphatic heterocycles. The number of hydrogen-bond acceptors (Lipinski definition) is 3. The van der Waals surface area contributed by atoms with Crippen LogP contribution in [0.3, 0.4) is 0 Å². The van der Waals surface area contributed by atoms with Crippen LogP contribution in [0.25, 0.3) is 0 Å². The summed E-state index contributed by atoms with van der Waals surface area (Å²) in [6.45, 7) is 7.24. The van der Waals surface area contributed by atoms with Crippen LogP contribution in [0.1, 0.15) is 32.6 Å². The third-order valence-electron chi connectivity index (χ3n) is 3.65. The van der Waals surface area contributed by atoms with Crippen molar-refractivity contribution in [3.05, 3.63) is 0 Å². The molecule has 2 rings (SSSR count). The summed E-state index contributed by atoms with van der Waals surface area (Å²) in [6.07, 6.45) is 5.89. The molecule has 0 radical (unpaired) electrons. The van der Waals surface area contributed by atoms with Gasteiger partial charge in [-0.2, -0.15) is 11.8 Å². The molecule has 0 aromatic rings. The van der Waals surface area contributed by atoms with Gasteiger partial charge in [0.25, 0.3) is 0 Å². The maximum atomic E-state index is 3.42. The minimum Gasteiger partial charge on any atom is -0.314 e. The number of nitrogens with zero attached hydrogens (tertiary/aromatic N) is 1. The van der Waals surface area contributed by atoms with Crippen LogP contribution in [0, 0.1) is 0 Å². The maximum absolute atomic E-state index is 3.42. The Kier molecular flexibility index (Phi) is 4.79. The van der Waals surface area contributed by atoms with Gasteiger partial charge in [0.1, 0.15) is 0 Å². The van der Waals surface area contributed by atoms with Gasteiger partial charge >= 0.3 is 0 Å². The van der Waals surface area contributed by atoms with E-state index in [1.807, 2.05) is 0 Å². The molecule has 1 saturated carbocycles. The first kappa shape index (κ1) is 11.7. The standard InChI is InChI=1S/C12H24N2S/c1-11(14-8-6-13-7-9-14)10-15-12-4-2-3-5-12/h11-13H,2-10H2,1H3. The van der Waals surface area contributed by atoms with E-state index in [1.165, 1.54) is 57.6 Å². The van der Waals surface area contributed by atoms with Crippen LogP contribution in [0.2, 0.25) is 0 Å². The SMILES string of the molecule is CC(CSC1CCCC1)N1CCNCC1. The van der Waals surface area contributed by atoms with E-state index in [1.54, 1.807) is 0 Å². The minimum absolute atomic E-state index is 0.776. The van der Waals surface area contributed by atoms with E-state index in [-0.39, 0.29) is 0 Å². The van der Waals surface area contributed by atoms with E-state index in [9.17, 15) is 0 Å². The smallest absolute Gasteiger partial charge is 0.0159 e. The zero-order chi connectivity index (χ0) is 10.5. The Labute approximate surface area is 98.2 Å². The molecular formula is C12H24N2S. The van der Waals surface area contributed by atoms with E-state index in [2.05, 4.69) is 28.9 Å². The second-order valence-corrected chi connectivity index (χ2v) is 6.21. The van der Waals surface area contributed by atoms with Gasteiger partial charge in [-0.15, -0.1) is 0 Å². The van der Waals surface area contributed by atoms with Gasteiger partial charge in [0.05, 0.1) is 0 Å². The molecule has 0 spiro atoms. The lowest BCUT2D eigenvalue weighted by molar-refractivity contribution is 0.198. The van der Waals surface area contributed by atoms with Crippen LogP contribution < -0.4 is 5.32 Å². The molecule has 2 aliphatic rings. The summed E-state index contributed by atoms with van der Waals surface area (Å²) in [7, 11) is 0. The molecule has 0 bridgehead atoms. The summed E-state index contributed by atoms with van der Waals surface area (Å²) in [5.41, 5.74) is 0. The quantitative estimate of drug-likeness (QED) is 0.792. The Morgan fingerprint density at radius 2 is 1.93 bits per heavy atom. The molecule has 1 aliphatic carbocycles. The Morgan fingerprint density at radius 3 is 2.60 bits per heavy atom. The van der Waals surface area contributed by atoms with Gasteiger partial charge in [0.2, 0.25) is 0 Å². The highest BCUT2D eigenvalue weighted by molar-refractivity contribution is 7.99. The van der Waals surface area contributed by atoms with Crippen LogP contribution in [0.4, 0.5) is 0 Å². The van der Waals surface area contributed by atoms with Crippen molar-refractivity contribution in [2.75, 3.05) is 31.9 Å². The van der Waals surface area contributed by atoms with Gasteiger partial charge in [-0.25, -0.2) is 0 Å². The van der Waals surface area contributed by atoms with Gasteiger partial charge in [0, 0.05) is 43.2 Å². The highest BCUT2D eigenvalue weighted by Gasteiger charge is 2.20. The van der Waals surface area contributed by atoms with Crippen molar-refractivity contribution in [1.29, 1.82) is 0 Å². The topological polar surface area (TPSA) is 15.3 Å². The molecule has 1 heterocycles. The maximum Gasteiger partial charge on any atom is 0.0159 e. The summed E-state index contributed by atoms with van der Waals surface area (Å²) in [6, 6.07) is 0.776. The van der Waals surface area contributed by atoms with E-state index in [0.717, 1.165) is 11.3 Å². The van der Waals surface area contributed by atoms with Crippen molar-refractivity contribution in [3.8, 4) is 0 Å². The van der Waals surface area contributed by atoms with Crippen molar-refractivity contribution >= 4 is 11.8 Å². The van der Waals surface area contributed by atoms with E-state index < -0.39 is 0 Å². The number of rotatable bonds is 4. The summed E-state index contributed by atoms with van der Waals surface area (Å²) in [5, 5.41) is 4.40. The van der Waals surface area contributed by atoms with Gasteiger partial charge in [0.15, 0.2) is 0 Å². The first-order valence-corrected chi connectivity index (χ1v) is 7.47. The lowest BCUT2D eigenvalue weighted by atomic mass is 10.3. The first-order valence-electron chi connectivity index (χ1n) is 6.42. The highest BCUT2D eigenvalue weighted by atomic mass is 32.2. The van der Waals surface area contributed by atoms with Crippen LogP contribution in [-0.2, 0) is 0 Å². The Hall–Kier alpha value is 0.270. The third kappa shape index (κ3) is 3.65. The van der Waals surface area contributed by atoms with Gasteiger partial charge in [-0.1, -0.05) is 12.8 Å². The number of nitrogens with one attached hydrogen (secondary N) is 1. The predicted molar refractivity (Wildman–Crippen MR) is 68.6 cm³/mol. The molecule has 2 nitrogen and oxygen atoms in total. The molecule has 2 fully saturated rings. The molecule has 15 heavy (non-hydrogen) atoms. The number of piperazine rings is 1. The summed E-state index contributed by atoms with van der Waals surface area (Å²) in [5.74, 6) is 1.34. The van der Waals surface area contributed by atoms with E-state index in [0.29, 0.717) is 0 Å². The highest BCUT2D eigenvalue weighted by Crippen LogP contribution is 2.30. The largest absolute Gasteiger partial charge is 0.314 e. The molecule has 0 amide bonds. The number of hydrogen-bond donors (Lipinski definition) is 1. The second-order valence-electron chi connectivity index (χ2n) is 4.87. The molecular weight excluding hydrogens is 204 g/mol. The van der Waals surface area contributed by atoms with Crippen LogP contribution in [0.5, 0.6) is 0 Å². The van der Waals surface area contributed by atoms with Crippen LogP contribution >= 0.6 is 11.8 Å². The molecule has 1 atom stereocenters. The van der Waals surface area contributed by atoms with Crippen molar-refractivity contribution < 1.29 is 0 Å². The average molecular weight is 228 g/mol. The molecule has 3 heteroatoms. The fourth-order valence-electron chi connectivity index (χ4n) is 2.56. The second kappa shape index (κ2) is 6.12. The lowest BCUT2D eigenvalue weighted by Gasteiger charge is -2.33. The van der Waals surface area contributed by atoms with Gasteiger partial charge < -0.3 is 5.32 Å². The Balaban J connectivity index is 1.64. The zero-order valence-corrected chi connectivity index (χ0v) is 10.7. The Bertz CT molecular complexity index is 174. The van der Waals surface area contributed by atoms with Crippen LogP contribution in [0.15, 0.2) is 0 Å².